The van der Waals surface area contributed by atoms with Crippen molar-refractivity contribution >= 4 is 0 Å². The van der Waals surface area contributed by atoms with E-state index in [0.717, 1.165) is 24.6 Å². The second-order valence-electron chi connectivity index (χ2n) is 4.82. The standard InChI is InChI=1S/C13H18N2/c14-11-6-8-15-7-5-10-3-1-2-4-12(10)13(15)9-11/h1-4,9-10,12-13H,5-8,14H2. The van der Waals surface area contributed by atoms with E-state index in [-0.39, 0.29) is 0 Å². The van der Waals surface area contributed by atoms with E-state index in [9.17, 15) is 0 Å². The maximum absolute atomic E-state index is 5.96. The summed E-state index contributed by atoms with van der Waals surface area (Å²) in [5.41, 5.74) is 7.04. The summed E-state index contributed by atoms with van der Waals surface area (Å²) in [6.45, 7) is 2.38. The summed E-state index contributed by atoms with van der Waals surface area (Å²) >= 11 is 0. The SMILES string of the molecule is NC1=CC2C3C=CC=CC3CCN2CC1. The fraction of sp³-hybridized carbons (Fsp3) is 0.538. The lowest BCUT2D eigenvalue weighted by Crippen LogP contribution is -2.50. The Morgan fingerprint density at radius 1 is 1.20 bits per heavy atom. The summed E-state index contributed by atoms with van der Waals surface area (Å²) in [7, 11) is 0. The minimum Gasteiger partial charge on any atom is -0.402 e. The molecule has 1 aliphatic carbocycles. The van der Waals surface area contributed by atoms with Crippen molar-refractivity contribution in [1.29, 1.82) is 0 Å². The molecule has 0 radical (unpaired) electrons. The number of piperidine rings is 1. The Kier molecular flexibility index (Phi) is 2.17. The van der Waals surface area contributed by atoms with Crippen molar-refractivity contribution in [2.45, 2.75) is 18.9 Å². The number of rotatable bonds is 0. The largest absolute Gasteiger partial charge is 0.402 e. The summed E-state index contributed by atoms with van der Waals surface area (Å²) < 4.78 is 0. The summed E-state index contributed by atoms with van der Waals surface area (Å²) in [6, 6.07) is 0.554. The van der Waals surface area contributed by atoms with E-state index in [1.807, 2.05) is 0 Å². The van der Waals surface area contributed by atoms with Crippen molar-refractivity contribution < 1.29 is 0 Å². The number of nitrogens with zero attached hydrogens (tertiary/aromatic N) is 1. The van der Waals surface area contributed by atoms with Gasteiger partial charge in [0.15, 0.2) is 0 Å². The van der Waals surface area contributed by atoms with Gasteiger partial charge in [0.05, 0.1) is 0 Å². The Hall–Kier alpha value is -1.02. The van der Waals surface area contributed by atoms with Crippen LogP contribution < -0.4 is 5.73 Å². The van der Waals surface area contributed by atoms with Crippen LogP contribution in [0.1, 0.15) is 12.8 Å². The Morgan fingerprint density at radius 3 is 3.00 bits per heavy atom. The number of fused-ring (bicyclic) bond motifs is 3. The minimum atomic E-state index is 0.554. The van der Waals surface area contributed by atoms with Crippen LogP contribution in [0.25, 0.3) is 0 Å². The van der Waals surface area contributed by atoms with E-state index in [0.29, 0.717) is 12.0 Å². The smallest absolute Gasteiger partial charge is 0.0366 e. The van der Waals surface area contributed by atoms with Crippen LogP contribution >= 0.6 is 0 Å². The van der Waals surface area contributed by atoms with Gasteiger partial charge in [0.25, 0.3) is 0 Å². The molecule has 2 nitrogen and oxygen atoms in total. The zero-order chi connectivity index (χ0) is 10.3. The molecule has 15 heavy (non-hydrogen) atoms. The molecule has 0 spiro atoms. The van der Waals surface area contributed by atoms with Crippen molar-refractivity contribution in [3.63, 3.8) is 0 Å². The molecule has 2 N–H and O–H groups in total. The average Bonchev–Trinajstić information content (AvgIpc) is 2.29. The fourth-order valence-electron chi connectivity index (χ4n) is 3.09. The predicted octanol–water partition coefficient (Wildman–Crippen LogP) is 1.67. The van der Waals surface area contributed by atoms with Crippen LogP contribution in [0.2, 0.25) is 0 Å². The van der Waals surface area contributed by atoms with Gasteiger partial charge < -0.3 is 5.73 Å². The van der Waals surface area contributed by atoms with Gasteiger partial charge in [-0.15, -0.1) is 0 Å². The number of allylic oxidation sites excluding steroid dienone is 3. The molecule has 2 heterocycles. The maximum atomic E-state index is 5.96. The van der Waals surface area contributed by atoms with Crippen molar-refractivity contribution in [3.8, 4) is 0 Å². The summed E-state index contributed by atoms with van der Waals surface area (Å²) in [4.78, 5) is 2.58. The van der Waals surface area contributed by atoms with Crippen molar-refractivity contribution in [2.24, 2.45) is 17.6 Å². The second-order valence-corrected chi connectivity index (χ2v) is 4.82. The van der Waals surface area contributed by atoms with Gasteiger partial charge >= 0.3 is 0 Å². The maximum Gasteiger partial charge on any atom is 0.0366 e. The van der Waals surface area contributed by atoms with E-state index < -0.39 is 0 Å². The van der Waals surface area contributed by atoms with Crippen molar-refractivity contribution in [1.82, 2.24) is 4.90 Å². The third-order valence-electron chi connectivity index (χ3n) is 3.94. The van der Waals surface area contributed by atoms with Crippen LogP contribution in [-0.2, 0) is 0 Å². The Labute approximate surface area is 91.1 Å². The molecule has 0 bridgehead atoms. The monoisotopic (exact) mass is 202 g/mol. The number of hydrogen-bond donors (Lipinski definition) is 1. The van der Waals surface area contributed by atoms with E-state index in [4.69, 9.17) is 5.73 Å². The van der Waals surface area contributed by atoms with Crippen LogP contribution in [0.15, 0.2) is 36.1 Å². The minimum absolute atomic E-state index is 0.554. The first-order valence-corrected chi connectivity index (χ1v) is 5.90. The third kappa shape index (κ3) is 1.53. The van der Waals surface area contributed by atoms with Gasteiger partial charge in [-0.05, 0) is 31.4 Å². The molecule has 3 atom stereocenters. The van der Waals surface area contributed by atoms with Crippen LogP contribution in [-0.4, -0.2) is 24.0 Å². The topological polar surface area (TPSA) is 29.3 Å². The van der Waals surface area contributed by atoms with Gasteiger partial charge in [-0.2, -0.15) is 0 Å². The number of hydrogen-bond acceptors (Lipinski definition) is 2. The van der Waals surface area contributed by atoms with Crippen LogP contribution in [0.5, 0.6) is 0 Å². The molecule has 3 unspecified atom stereocenters. The fourth-order valence-corrected chi connectivity index (χ4v) is 3.09. The van der Waals surface area contributed by atoms with E-state index in [2.05, 4.69) is 35.3 Å². The highest BCUT2D eigenvalue weighted by Crippen LogP contribution is 2.36. The van der Waals surface area contributed by atoms with Gasteiger partial charge in [-0.1, -0.05) is 24.3 Å². The molecular formula is C13H18N2. The second kappa shape index (κ2) is 3.53. The van der Waals surface area contributed by atoms with Crippen LogP contribution in [0.4, 0.5) is 0 Å². The van der Waals surface area contributed by atoms with Crippen LogP contribution in [0, 0.1) is 11.8 Å². The van der Waals surface area contributed by atoms with Crippen molar-refractivity contribution in [3.05, 3.63) is 36.1 Å². The van der Waals surface area contributed by atoms with E-state index >= 15 is 0 Å². The molecule has 0 saturated carbocycles. The molecule has 0 aromatic heterocycles. The normalized spacial score (nSPS) is 39.5. The zero-order valence-corrected chi connectivity index (χ0v) is 8.97. The zero-order valence-electron chi connectivity index (χ0n) is 8.97. The first kappa shape index (κ1) is 9.22. The first-order valence-electron chi connectivity index (χ1n) is 5.90. The van der Waals surface area contributed by atoms with Crippen molar-refractivity contribution in [2.75, 3.05) is 13.1 Å². The van der Waals surface area contributed by atoms with Crippen LogP contribution in [0.3, 0.4) is 0 Å². The molecule has 1 saturated heterocycles. The molecule has 0 aromatic rings. The number of nitrogens with two attached hydrogens (primary N) is 1. The Bertz CT molecular complexity index is 340. The molecule has 0 aromatic carbocycles. The summed E-state index contributed by atoms with van der Waals surface area (Å²) in [6.07, 6.45) is 13.7. The lowest BCUT2D eigenvalue weighted by molar-refractivity contribution is 0.110. The predicted molar refractivity (Wildman–Crippen MR) is 62.1 cm³/mol. The van der Waals surface area contributed by atoms with Gasteiger partial charge in [0, 0.05) is 24.2 Å². The molecule has 0 amide bonds. The average molecular weight is 202 g/mol. The Balaban J connectivity index is 1.90. The lowest BCUT2D eigenvalue weighted by Gasteiger charge is -2.45. The van der Waals surface area contributed by atoms with Gasteiger partial charge in [-0.3, -0.25) is 4.90 Å². The summed E-state index contributed by atoms with van der Waals surface area (Å²) in [5, 5.41) is 0. The summed E-state index contributed by atoms with van der Waals surface area (Å²) in [5.74, 6) is 1.39. The lowest BCUT2D eigenvalue weighted by atomic mass is 9.76. The highest BCUT2D eigenvalue weighted by molar-refractivity contribution is 5.23. The Morgan fingerprint density at radius 2 is 2.07 bits per heavy atom. The molecular weight excluding hydrogens is 184 g/mol. The van der Waals surface area contributed by atoms with Gasteiger partial charge in [-0.25, -0.2) is 0 Å². The van der Waals surface area contributed by atoms with E-state index in [1.165, 1.54) is 13.0 Å². The molecule has 3 rings (SSSR count). The molecule has 80 valence electrons. The molecule has 3 aliphatic rings. The highest BCUT2D eigenvalue weighted by atomic mass is 15.2. The molecule has 1 fully saturated rings. The molecule has 2 aliphatic heterocycles. The first-order chi connectivity index (χ1) is 7.34. The van der Waals surface area contributed by atoms with Gasteiger partial charge in [0.2, 0.25) is 0 Å². The van der Waals surface area contributed by atoms with Gasteiger partial charge in [0.1, 0.15) is 0 Å². The third-order valence-corrected chi connectivity index (χ3v) is 3.94. The highest BCUT2D eigenvalue weighted by Gasteiger charge is 2.36. The quantitative estimate of drug-likeness (QED) is 0.647. The van der Waals surface area contributed by atoms with E-state index in [1.54, 1.807) is 0 Å². The molecule has 2 heteroatoms.